The molecule has 2 rings (SSSR count). The van der Waals surface area contributed by atoms with Gasteiger partial charge in [-0.05, 0) is 49.9 Å². The molecule has 122 valence electrons. The van der Waals surface area contributed by atoms with E-state index in [0.717, 1.165) is 36.8 Å². The predicted molar refractivity (Wildman–Crippen MR) is 87.3 cm³/mol. The second-order valence-electron chi connectivity index (χ2n) is 5.33. The Morgan fingerprint density at radius 2 is 2.17 bits per heavy atom. The van der Waals surface area contributed by atoms with E-state index >= 15 is 0 Å². The Labute approximate surface area is 136 Å². The van der Waals surface area contributed by atoms with Crippen LogP contribution in [0.25, 0.3) is 0 Å². The van der Waals surface area contributed by atoms with Crippen molar-refractivity contribution in [2.45, 2.75) is 39.2 Å². The van der Waals surface area contributed by atoms with Gasteiger partial charge in [0.1, 0.15) is 0 Å². The summed E-state index contributed by atoms with van der Waals surface area (Å²) in [4.78, 5) is 26.7. The first-order valence-corrected chi connectivity index (χ1v) is 7.92. The molecule has 5 nitrogen and oxygen atoms in total. The molecular formula is C18H22N2O3. The summed E-state index contributed by atoms with van der Waals surface area (Å²) >= 11 is 0. The summed E-state index contributed by atoms with van der Waals surface area (Å²) in [5.74, 6) is -0.146. The summed E-state index contributed by atoms with van der Waals surface area (Å²) in [6, 6.07) is 7.69. The number of nitrogens with zero attached hydrogens (tertiary/aromatic N) is 2. The molecule has 2 heterocycles. The van der Waals surface area contributed by atoms with Crippen LogP contribution in [0.1, 0.15) is 47.9 Å². The number of hydrogen-bond donors (Lipinski definition) is 0. The maximum atomic E-state index is 11.3. The number of aryl methyl sites for hydroxylation is 1. The average molecular weight is 314 g/mol. The van der Waals surface area contributed by atoms with Crippen LogP contribution in [0.5, 0.6) is 0 Å². The topological polar surface area (TPSA) is 61.2 Å². The third-order valence-electron chi connectivity index (χ3n) is 3.66. The fraction of sp³-hybridized carbons (Fsp3) is 0.389. The van der Waals surface area contributed by atoms with Gasteiger partial charge in [0, 0.05) is 31.1 Å². The molecule has 0 saturated heterocycles. The maximum Gasteiger partial charge on any atom is 0.305 e. The van der Waals surface area contributed by atoms with Crippen LogP contribution in [-0.4, -0.2) is 28.4 Å². The number of rotatable bonds is 9. The highest BCUT2D eigenvalue weighted by atomic mass is 16.5. The molecule has 0 fully saturated rings. The monoisotopic (exact) mass is 314 g/mol. The summed E-state index contributed by atoms with van der Waals surface area (Å²) in [5, 5.41) is 0. The molecular weight excluding hydrogens is 292 g/mol. The first kappa shape index (κ1) is 16.9. The van der Waals surface area contributed by atoms with E-state index in [-0.39, 0.29) is 5.97 Å². The van der Waals surface area contributed by atoms with E-state index in [1.54, 1.807) is 12.4 Å². The molecule has 0 spiro atoms. The fourth-order valence-corrected chi connectivity index (χ4v) is 2.52. The molecule has 5 heteroatoms. The van der Waals surface area contributed by atoms with Gasteiger partial charge in [0.15, 0.2) is 6.29 Å². The van der Waals surface area contributed by atoms with Crippen LogP contribution < -0.4 is 0 Å². The van der Waals surface area contributed by atoms with Crippen LogP contribution in [0.3, 0.4) is 0 Å². The molecule has 0 N–H and O–H groups in total. The number of pyridine rings is 1. The lowest BCUT2D eigenvalue weighted by atomic mass is 10.1. The molecule has 2 aromatic heterocycles. The average Bonchev–Trinajstić information content (AvgIpc) is 2.95. The second-order valence-corrected chi connectivity index (χ2v) is 5.33. The van der Waals surface area contributed by atoms with E-state index in [1.807, 2.05) is 35.8 Å². The zero-order valence-corrected chi connectivity index (χ0v) is 13.4. The molecule has 0 aliphatic carbocycles. The minimum atomic E-state index is -0.146. The van der Waals surface area contributed by atoms with Crippen molar-refractivity contribution in [3.8, 4) is 0 Å². The molecule has 0 saturated carbocycles. The summed E-state index contributed by atoms with van der Waals surface area (Å²) in [7, 11) is 0. The van der Waals surface area contributed by atoms with Crippen molar-refractivity contribution in [2.75, 3.05) is 6.61 Å². The number of aldehydes is 1. The van der Waals surface area contributed by atoms with Crippen molar-refractivity contribution in [1.82, 2.24) is 9.55 Å². The standard InChI is InChI=1S/C18H22N2O3/c1-2-23-18(22)8-4-3-7-16-9-10-17(14-21)20(16)13-15-6-5-11-19-12-15/h5-6,9-12,14H,2-4,7-8,13H2,1H3. The molecule has 2 aromatic rings. The SMILES string of the molecule is CCOC(=O)CCCCc1ccc(C=O)n1Cc1cccnc1. The van der Waals surface area contributed by atoms with Gasteiger partial charge in [-0.1, -0.05) is 6.07 Å². The lowest BCUT2D eigenvalue weighted by Crippen LogP contribution is -2.08. The maximum absolute atomic E-state index is 11.3. The number of aromatic nitrogens is 2. The smallest absolute Gasteiger partial charge is 0.305 e. The van der Waals surface area contributed by atoms with Gasteiger partial charge in [-0.15, -0.1) is 0 Å². The molecule has 0 atom stereocenters. The van der Waals surface area contributed by atoms with E-state index in [1.165, 1.54) is 0 Å². The van der Waals surface area contributed by atoms with Gasteiger partial charge in [-0.3, -0.25) is 14.6 Å². The Hall–Kier alpha value is -2.43. The summed E-state index contributed by atoms with van der Waals surface area (Å²) in [6.07, 6.45) is 7.35. The highest BCUT2D eigenvalue weighted by Gasteiger charge is 2.09. The van der Waals surface area contributed by atoms with E-state index in [9.17, 15) is 9.59 Å². The number of carbonyl (C=O) groups excluding carboxylic acids is 2. The number of hydrogen-bond acceptors (Lipinski definition) is 4. The Bertz CT molecular complexity index is 635. The third kappa shape index (κ3) is 5.06. The van der Waals surface area contributed by atoms with Crippen molar-refractivity contribution >= 4 is 12.3 Å². The highest BCUT2D eigenvalue weighted by Crippen LogP contribution is 2.14. The van der Waals surface area contributed by atoms with E-state index < -0.39 is 0 Å². The number of ether oxygens (including phenoxy) is 1. The van der Waals surface area contributed by atoms with Gasteiger partial charge < -0.3 is 9.30 Å². The van der Waals surface area contributed by atoms with Gasteiger partial charge in [0.2, 0.25) is 0 Å². The Balaban J connectivity index is 1.95. The minimum absolute atomic E-state index is 0.146. The van der Waals surface area contributed by atoms with Gasteiger partial charge in [0.05, 0.1) is 12.3 Å². The van der Waals surface area contributed by atoms with Crippen LogP contribution >= 0.6 is 0 Å². The van der Waals surface area contributed by atoms with Crippen molar-refractivity contribution in [2.24, 2.45) is 0 Å². The zero-order valence-electron chi connectivity index (χ0n) is 13.4. The van der Waals surface area contributed by atoms with Gasteiger partial charge in [0.25, 0.3) is 0 Å². The van der Waals surface area contributed by atoms with Crippen molar-refractivity contribution in [3.63, 3.8) is 0 Å². The minimum Gasteiger partial charge on any atom is -0.466 e. The number of unbranched alkanes of at least 4 members (excludes halogenated alkanes) is 1. The van der Waals surface area contributed by atoms with Gasteiger partial charge in [-0.25, -0.2) is 0 Å². The van der Waals surface area contributed by atoms with E-state index in [4.69, 9.17) is 4.74 Å². The Morgan fingerprint density at radius 1 is 1.30 bits per heavy atom. The van der Waals surface area contributed by atoms with Crippen LogP contribution in [-0.2, 0) is 22.5 Å². The van der Waals surface area contributed by atoms with Crippen molar-refractivity contribution in [1.29, 1.82) is 0 Å². The first-order valence-electron chi connectivity index (χ1n) is 7.92. The third-order valence-corrected chi connectivity index (χ3v) is 3.66. The number of esters is 1. The molecule has 0 unspecified atom stereocenters. The molecule has 0 amide bonds. The summed E-state index contributed by atoms with van der Waals surface area (Å²) in [5.41, 5.74) is 2.81. The van der Waals surface area contributed by atoms with E-state index in [2.05, 4.69) is 4.98 Å². The van der Waals surface area contributed by atoms with Gasteiger partial charge in [-0.2, -0.15) is 0 Å². The van der Waals surface area contributed by atoms with Gasteiger partial charge >= 0.3 is 5.97 Å². The first-order chi connectivity index (χ1) is 11.2. The largest absolute Gasteiger partial charge is 0.466 e. The lowest BCUT2D eigenvalue weighted by molar-refractivity contribution is -0.143. The Kier molecular flexibility index (Phi) is 6.54. The molecule has 0 aliphatic rings. The molecule has 0 bridgehead atoms. The molecule has 0 radical (unpaired) electrons. The van der Waals surface area contributed by atoms with E-state index in [0.29, 0.717) is 25.3 Å². The number of carbonyl (C=O) groups is 2. The van der Waals surface area contributed by atoms with Crippen LogP contribution in [0.15, 0.2) is 36.7 Å². The zero-order chi connectivity index (χ0) is 16.5. The molecule has 23 heavy (non-hydrogen) atoms. The van der Waals surface area contributed by atoms with Crippen LogP contribution in [0, 0.1) is 0 Å². The highest BCUT2D eigenvalue weighted by molar-refractivity contribution is 5.72. The van der Waals surface area contributed by atoms with Crippen LogP contribution in [0.2, 0.25) is 0 Å². The van der Waals surface area contributed by atoms with Crippen LogP contribution in [0.4, 0.5) is 0 Å². The quantitative estimate of drug-likeness (QED) is 0.405. The molecule has 0 aliphatic heterocycles. The Morgan fingerprint density at radius 3 is 2.87 bits per heavy atom. The predicted octanol–water partition coefficient (Wildman–Crippen LogP) is 3.02. The second kappa shape index (κ2) is 8.88. The fourth-order valence-electron chi connectivity index (χ4n) is 2.52. The summed E-state index contributed by atoms with van der Waals surface area (Å²) in [6.45, 7) is 2.86. The van der Waals surface area contributed by atoms with Crippen molar-refractivity contribution in [3.05, 3.63) is 53.6 Å². The molecule has 0 aromatic carbocycles. The summed E-state index contributed by atoms with van der Waals surface area (Å²) < 4.78 is 6.93. The van der Waals surface area contributed by atoms with Crippen molar-refractivity contribution < 1.29 is 14.3 Å². The normalized spacial score (nSPS) is 10.5. The lowest BCUT2D eigenvalue weighted by Gasteiger charge is -2.11.